The molecule has 1 amide bonds. The van der Waals surface area contributed by atoms with E-state index in [0.717, 1.165) is 17.1 Å². The van der Waals surface area contributed by atoms with E-state index in [0.29, 0.717) is 13.2 Å². The molecular formula is C19H22N2O3. The first-order valence-corrected chi connectivity index (χ1v) is 8.06. The molecule has 5 heteroatoms. The fourth-order valence-corrected chi connectivity index (χ4v) is 2.72. The van der Waals surface area contributed by atoms with E-state index in [9.17, 15) is 4.79 Å². The Hall–Kier alpha value is -2.53. The van der Waals surface area contributed by atoms with Gasteiger partial charge in [-0.15, -0.1) is 0 Å². The molecule has 2 atom stereocenters. The highest BCUT2D eigenvalue weighted by Crippen LogP contribution is 2.31. The lowest BCUT2D eigenvalue weighted by Gasteiger charge is -2.30. The zero-order valence-electron chi connectivity index (χ0n) is 13.7. The molecule has 3 rings (SSSR count). The van der Waals surface area contributed by atoms with Crippen molar-refractivity contribution in [3.63, 3.8) is 0 Å². The molecule has 1 aliphatic heterocycles. The van der Waals surface area contributed by atoms with Crippen molar-refractivity contribution in [1.29, 1.82) is 0 Å². The number of hydrogen-bond donors (Lipinski definition) is 1. The summed E-state index contributed by atoms with van der Waals surface area (Å²) in [5.41, 5.74) is 7.09. The van der Waals surface area contributed by atoms with Crippen LogP contribution in [0.15, 0.2) is 54.6 Å². The van der Waals surface area contributed by atoms with Crippen molar-refractivity contribution < 1.29 is 14.3 Å². The fourth-order valence-electron chi connectivity index (χ4n) is 2.72. The van der Waals surface area contributed by atoms with Gasteiger partial charge in [0.25, 0.3) is 0 Å². The Kier molecular flexibility index (Phi) is 5.01. The summed E-state index contributed by atoms with van der Waals surface area (Å²) in [6.07, 6.45) is 0.0896. The number of fused-ring (bicyclic) bond motifs is 1. The smallest absolute Gasteiger partial charge is 0.224 e. The highest BCUT2D eigenvalue weighted by Gasteiger charge is 2.24. The predicted molar refractivity (Wildman–Crippen MR) is 92.0 cm³/mol. The monoisotopic (exact) mass is 326 g/mol. The third-order valence-electron chi connectivity index (χ3n) is 4.09. The molecule has 2 aromatic rings. The molecule has 0 spiro atoms. The van der Waals surface area contributed by atoms with Crippen LogP contribution in [-0.2, 0) is 4.79 Å². The lowest BCUT2D eigenvalue weighted by atomic mass is 10.0. The van der Waals surface area contributed by atoms with Crippen LogP contribution in [-0.4, -0.2) is 37.1 Å². The molecule has 0 aromatic heterocycles. The summed E-state index contributed by atoms with van der Waals surface area (Å²) in [4.78, 5) is 14.1. The lowest BCUT2D eigenvalue weighted by molar-refractivity contribution is -0.131. The van der Waals surface area contributed by atoms with Crippen LogP contribution in [0.5, 0.6) is 11.5 Å². The number of amides is 1. The minimum absolute atomic E-state index is 0.00573. The number of hydrogen-bond acceptors (Lipinski definition) is 4. The van der Waals surface area contributed by atoms with Gasteiger partial charge in [0.1, 0.15) is 6.61 Å². The number of benzene rings is 2. The molecular weight excluding hydrogens is 304 g/mol. The van der Waals surface area contributed by atoms with Crippen LogP contribution in [0.3, 0.4) is 0 Å². The quantitative estimate of drug-likeness (QED) is 0.916. The topological polar surface area (TPSA) is 64.8 Å². The van der Waals surface area contributed by atoms with E-state index in [1.165, 1.54) is 0 Å². The first-order chi connectivity index (χ1) is 11.6. The summed E-state index contributed by atoms with van der Waals surface area (Å²) < 4.78 is 11.6. The number of ether oxygens (including phenoxy) is 2. The van der Waals surface area contributed by atoms with E-state index in [2.05, 4.69) is 0 Å². The number of nitrogens with zero attached hydrogens (tertiary/aromatic N) is 1. The van der Waals surface area contributed by atoms with E-state index in [-0.39, 0.29) is 24.5 Å². The molecule has 0 saturated heterocycles. The molecule has 0 aliphatic carbocycles. The number of nitrogens with two attached hydrogens (primary N) is 1. The molecule has 1 heterocycles. The van der Waals surface area contributed by atoms with Crippen LogP contribution in [0.4, 0.5) is 0 Å². The van der Waals surface area contributed by atoms with Crippen molar-refractivity contribution in [2.75, 3.05) is 20.2 Å². The van der Waals surface area contributed by atoms with Crippen molar-refractivity contribution in [2.45, 2.75) is 18.6 Å². The maximum absolute atomic E-state index is 12.4. The van der Waals surface area contributed by atoms with E-state index in [4.69, 9.17) is 15.2 Å². The molecule has 126 valence electrons. The summed E-state index contributed by atoms with van der Waals surface area (Å²) in [5.74, 6) is 1.46. The van der Waals surface area contributed by atoms with Crippen molar-refractivity contribution in [3.05, 3.63) is 60.2 Å². The Morgan fingerprint density at radius 2 is 1.83 bits per heavy atom. The number of likely N-dealkylation sites (N-methyl/N-ethyl adjacent to an activating group) is 1. The van der Waals surface area contributed by atoms with Gasteiger partial charge in [-0.2, -0.15) is 0 Å². The molecule has 5 nitrogen and oxygen atoms in total. The van der Waals surface area contributed by atoms with Crippen LogP contribution in [0.2, 0.25) is 0 Å². The molecule has 0 saturated carbocycles. The third-order valence-corrected chi connectivity index (χ3v) is 4.09. The largest absolute Gasteiger partial charge is 0.486 e. The van der Waals surface area contributed by atoms with Gasteiger partial charge in [-0.25, -0.2) is 0 Å². The van der Waals surface area contributed by atoms with Crippen molar-refractivity contribution in [2.24, 2.45) is 5.73 Å². The van der Waals surface area contributed by atoms with Gasteiger partial charge in [-0.1, -0.05) is 42.5 Å². The average Bonchev–Trinajstić information content (AvgIpc) is 2.62. The number of carbonyl (C=O) groups excluding carboxylic acids is 1. The maximum atomic E-state index is 12.4. The van der Waals surface area contributed by atoms with Crippen LogP contribution in [0.1, 0.15) is 18.0 Å². The van der Waals surface area contributed by atoms with Crippen LogP contribution >= 0.6 is 0 Å². The third kappa shape index (κ3) is 3.86. The van der Waals surface area contributed by atoms with Gasteiger partial charge >= 0.3 is 0 Å². The minimum Gasteiger partial charge on any atom is -0.486 e. The second kappa shape index (κ2) is 7.36. The van der Waals surface area contributed by atoms with E-state index in [1.54, 1.807) is 11.9 Å². The summed E-state index contributed by atoms with van der Waals surface area (Å²) in [6, 6.07) is 16.9. The summed E-state index contributed by atoms with van der Waals surface area (Å²) in [7, 11) is 1.77. The van der Waals surface area contributed by atoms with Crippen LogP contribution in [0.25, 0.3) is 0 Å². The Morgan fingerprint density at radius 1 is 1.17 bits per heavy atom. The molecule has 0 unspecified atom stereocenters. The molecule has 0 radical (unpaired) electrons. The van der Waals surface area contributed by atoms with E-state index < -0.39 is 0 Å². The van der Waals surface area contributed by atoms with Gasteiger partial charge < -0.3 is 20.1 Å². The Labute approximate surface area is 142 Å². The maximum Gasteiger partial charge on any atom is 0.224 e. The average molecular weight is 326 g/mol. The van der Waals surface area contributed by atoms with E-state index >= 15 is 0 Å². The summed E-state index contributed by atoms with van der Waals surface area (Å²) in [5, 5.41) is 0. The molecule has 24 heavy (non-hydrogen) atoms. The van der Waals surface area contributed by atoms with E-state index in [1.807, 2.05) is 54.6 Å². The van der Waals surface area contributed by atoms with Crippen molar-refractivity contribution >= 4 is 5.91 Å². The van der Waals surface area contributed by atoms with Gasteiger partial charge in [0, 0.05) is 19.5 Å². The SMILES string of the molecule is CN(C[C@H]1COc2ccccc2O1)C(=O)C[C@@H](N)c1ccccc1. The number of para-hydroxylation sites is 2. The van der Waals surface area contributed by atoms with Crippen LogP contribution < -0.4 is 15.2 Å². The number of rotatable bonds is 5. The minimum atomic E-state index is -0.301. The second-order valence-electron chi connectivity index (χ2n) is 5.99. The first-order valence-electron chi connectivity index (χ1n) is 8.06. The van der Waals surface area contributed by atoms with Crippen molar-refractivity contribution in [3.8, 4) is 11.5 Å². The molecule has 0 fully saturated rings. The van der Waals surface area contributed by atoms with Gasteiger partial charge in [0.2, 0.25) is 5.91 Å². The zero-order valence-corrected chi connectivity index (χ0v) is 13.7. The Balaban J connectivity index is 1.53. The second-order valence-corrected chi connectivity index (χ2v) is 5.99. The Morgan fingerprint density at radius 3 is 2.58 bits per heavy atom. The molecule has 0 bridgehead atoms. The van der Waals surface area contributed by atoms with Gasteiger partial charge in [-0.05, 0) is 17.7 Å². The Bertz CT molecular complexity index is 690. The molecule has 1 aliphatic rings. The van der Waals surface area contributed by atoms with Gasteiger partial charge in [0.05, 0.1) is 6.54 Å². The summed E-state index contributed by atoms with van der Waals surface area (Å²) in [6.45, 7) is 0.897. The zero-order chi connectivity index (χ0) is 16.9. The molecule has 2 aromatic carbocycles. The predicted octanol–water partition coefficient (Wildman–Crippen LogP) is 2.37. The van der Waals surface area contributed by atoms with Crippen molar-refractivity contribution in [1.82, 2.24) is 4.90 Å². The summed E-state index contributed by atoms with van der Waals surface area (Å²) >= 11 is 0. The standard InChI is InChI=1S/C19H22N2O3/c1-21(19(22)11-16(20)14-7-3-2-4-8-14)12-15-13-23-17-9-5-6-10-18(17)24-15/h2-10,15-16H,11-13,20H2,1H3/t15-,16+/m0/s1. The number of carbonyl (C=O) groups is 1. The fraction of sp³-hybridized carbons (Fsp3) is 0.316. The van der Waals surface area contributed by atoms with Gasteiger partial charge in [0.15, 0.2) is 17.6 Å². The highest BCUT2D eigenvalue weighted by molar-refractivity contribution is 5.76. The normalized spacial score (nSPS) is 17.2. The highest BCUT2D eigenvalue weighted by atomic mass is 16.6. The van der Waals surface area contributed by atoms with Gasteiger partial charge in [-0.3, -0.25) is 4.79 Å². The molecule has 2 N–H and O–H groups in total. The van der Waals surface area contributed by atoms with Crippen LogP contribution in [0, 0.1) is 0 Å². The lowest BCUT2D eigenvalue weighted by Crippen LogP contribution is -2.42. The first kappa shape index (κ1) is 16.3.